The predicted molar refractivity (Wildman–Crippen MR) is 145 cm³/mol. The summed E-state index contributed by atoms with van der Waals surface area (Å²) in [6, 6.07) is 0. The number of allylic oxidation sites excluding steroid dienone is 4. The first-order chi connectivity index (χ1) is 16.9. The Hall–Kier alpha value is -1.35. The highest BCUT2D eigenvalue weighted by atomic mass is 32.2. The van der Waals surface area contributed by atoms with Crippen LogP contribution in [-0.4, -0.2) is 45.3 Å². The minimum Gasteiger partial charge on any atom is -0.364 e. The van der Waals surface area contributed by atoms with Crippen LogP contribution in [0.25, 0.3) is 0 Å². The van der Waals surface area contributed by atoms with Crippen molar-refractivity contribution in [2.24, 2.45) is 0 Å². The SMILES string of the molecule is CCCCCCCCC/C=C/C(=O)CC(C(=O)/C=C/CCCCCCCCC)(C(C)(O)O)S(=O)(=O)O. The van der Waals surface area contributed by atoms with E-state index in [1.165, 1.54) is 51.0 Å². The van der Waals surface area contributed by atoms with Crippen LogP contribution < -0.4 is 0 Å². The Balaban J connectivity index is 5.05. The quantitative estimate of drug-likeness (QED) is 0.0617. The highest BCUT2D eigenvalue weighted by Gasteiger charge is 2.62. The molecule has 0 bridgehead atoms. The Kier molecular flexibility index (Phi) is 18.1. The minimum atomic E-state index is -5.34. The number of unbranched alkanes of at least 4 members (excludes halogenated alkanes) is 14. The van der Waals surface area contributed by atoms with E-state index in [1.807, 2.05) is 0 Å². The van der Waals surface area contributed by atoms with Crippen molar-refractivity contribution in [2.45, 2.75) is 140 Å². The van der Waals surface area contributed by atoms with E-state index in [2.05, 4.69) is 13.8 Å². The highest BCUT2D eigenvalue weighted by molar-refractivity contribution is 7.88. The molecule has 0 aliphatic rings. The molecular formula is C28H50O7S. The van der Waals surface area contributed by atoms with Crippen LogP contribution in [0.5, 0.6) is 0 Å². The van der Waals surface area contributed by atoms with Crippen molar-refractivity contribution < 1.29 is 32.8 Å². The molecular weight excluding hydrogens is 480 g/mol. The maximum Gasteiger partial charge on any atom is 0.284 e. The molecule has 0 saturated heterocycles. The third kappa shape index (κ3) is 13.3. The van der Waals surface area contributed by atoms with Crippen LogP contribution in [0, 0.1) is 0 Å². The number of ketones is 2. The standard InChI is InChI=1S/C28H50O7S/c1-4-6-8-10-12-14-16-18-20-22-25(29)24-28(27(3,31)32,36(33,34)35)26(30)23-21-19-17-15-13-11-9-7-5-2/h20-23,31-32H,4-19,24H2,1-3H3,(H,33,34,35)/b22-20+,23-21+. The van der Waals surface area contributed by atoms with Crippen LogP contribution in [-0.2, 0) is 19.7 Å². The van der Waals surface area contributed by atoms with E-state index in [-0.39, 0.29) is 0 Å². The smallest absolute Gasteiger partial charge is 0.284 e. The van der Waals surface area contributed by atoms with Gasteiger partial charge in [0, 0.05) is 6.42 Å². The molecule has 8 heteroatoms. The maximum atomic E-state index is 12.9. The van der Waals surface area contributed by atoms with Gasteiger partial charge >= 0.3 is 0 Å². The molecule has 0 fully saturated rings. The Morgan fingerprint density at radius 2 is 1.08 bits per heavy atom. The summed E-state index contributed by atoms with van der Waals surface area (Å²) in [6.45, 7) is 5.01. The molecule has 0 rings (SSSR count). The molecule has 1 unspecified atom stereocenters. The molecule has 0 aromatic carbocycles. The summed E-state index contributed by atoms with van der Waals surface area (Å²) in [6.07, 6.45) is 20.5. The summed E-state index contributed by atoms with van der Waals surface area (Å²) >= 11 is 0. The number of hydrogen-bond donors (Lipinski definition) is 3. The van der Waals surface area contributed by atoms with Gasteiger partial charge in [-0.25, -0.2) is 0 Å². The molecule has 0 heterocycles. The normalized spacial score (nSPS) is 14.5. The van der Waals surface area contributed by atoms with Crippen molar-refractivity contribution >= 4 is 21.7 Å². The van der Waals surface area contributed by atoms with Gasteiger partial charge in [-0.3, -0.25) is 14.1 Å². The van der Waals surface area contributed by atoms with Crippen LogP contribution in [0.4, 0.5) is 0 Å². The third-order valence-electron chi connectivity index (χ3n) is 6.55. The third-order valence-corrected chi connectivity index (χ3v) is 8.16. The molecule has 0 aliphatic carbocycles. The molecule has 0 aromatic rings. The van der Waals surface area contributed by atoms with Gasteiger partial charge in [0.1, 0.15) is 0 Å². The summed E-state index contributed by atoms with van der Waals surface area (Å²) in [4.78, 5) is 25.4. The van der Waals surface area contributed by atoms with Crippen molar-refractivity contribution in [3.63, 3.8) is 0 Å². The van der Waals surface area contributed by atoms with E-state index in [9.17, 15) is 32.8 Å². The van der Waals surface area contributed by atoms with Crippen molar-refractivity contribution in [1.82, 2.24) is 0 Å². The zero-order chi connectivity index (χ0) is 27.5. The average Bonchev–Trinajstić information content (AvgIpc) is 2.78. The molecule has 0 saturated carbocycles. The highest BCUT2D eigenvalue weighted by Crippen LogP contribution is 2.34. The Morgan fingerprint density at radius 3 is 1.47 bits per heavy atom. The number of hydrogen-bond acceptors (Lipinski definition) is 6. The fraction of sp³-hybridized carbons (Fsp3) is 0.786. The van der Waals surface area contributed by atoms with E-state index < -0.39 is 38.6 Å². The molecule has 3 N–H and O–H groups in total. The molecule has 0 aliphatic heterocycles. The molecule has 7 nitrogen and oxygen atoms in total. The van der Waals surface area contributed by atoms with Gasteiger partial charge in [-0.05, 0) is 44.8 Å². The number of aliphatic hydroxyl groups is 2. The summed E-state index contributed by atoms with van der Waals surface area (Å²) in [5.41, 5.74) is 0. The van der Waals surface area contributed by atoms with Crippen LogP contribution in [0.2, 0.25) is 0 Å². The summed E-state index contributed by atoms with van der Waals surface area (Å²) in [7, 11) is -5.34. The second-order valence-electron chi connectivity index (χ2n) is 9.95. The van der Waals surface area contributed by atoms with Gasteiger partial charge in [0.25, 0.3) is 10.1 Å². The first-order valence-corrected chi connectivity index (χ1v) is 15.2. The summed E-state index contributed by atoms with van der Waals surface area (Å²) in [5.74, 6) is -5.17. The van der Waals surface area contributed by atoms with E-state index in [4.69, 9.17) is 0 Å². The molecule has 0 aromatic heterocycles. The van der Waals surface area contributed by atoms with Gasteiger partial charge in [-0.15, -0.1) is 0 Å². The van der Waals surface area contributed by atoms with E-state index >= 15 is 0 Å². The fourth-order valence-corrected chi connectivity index (χ4v) is 5.37. The largest absolute Gasteiger partial charge is 0.364 e. The maximum absolute atomic E-state index is 12.9. The molecule has 0 amide bonds. The van der Waals surface area contributed by atoms with Crippen molar-refractivity contribution in [2.75, 3.05) is 0 Å². The lowest BCUT2D eigenvalue weighted by atomic mass is 9.87. The molecule has 0 spiro atoms. The lowest BCUT2D eigenvalue weighted by Crippen LogP contribution is -2.62. The monoisotopic (exact) mass is 530 g/mol. The Morgan fingerprint density at radius 1 is 0.694 bits per heavy atom. The predicted octanol–water partition coefficient (Wildman–Crippen LogP) is 6.24. The molecule has 210 valence electrons. The molecule has 1 atom stereocenters. The number of carbonyl (C=O) groups is 2. The van der Waals surface area contributed by atoms with Crippen molar-refractivity contribution in [3.8, 4) is 0 Å². The summed E-state index contributed by atoms with van der Waals surface area (Å²) < 4.78 is 31.3. The van der Waals surface area contributed by atoms with Gasteiger partial charge in [0.2, 0.25) is 4.75 Å². The lowest BCUT2D eigenvalue weighted by Gasteiger charge is -2.36. The average molecular weight is 531 g/mol. The number of rotatable bonds is 23. The van der Waals surface area contributed by atoms with Gasteiger partial charge in [0.05, 0.1) is 0 Å². The molecule has 36 heavy (non-hydrogen) atoms. The van der Waals surface area contributed by atoms with Crippen molar-refractivity contribution in [1.29, 1.82) is 0 Å². The number of carbonyl (C=O) groups excluding carboxylic acids is 2. The van der Waals surface area contributed by atoms with Crippen LogP contribution >= 0.6 is 0 Å². The van der Waals surface area contributed by atoms with Crippen LogP contribution in [0.15, 0.2) is 24.3 Å². The molecule has 0 radical (unpaired) electrons. The van der Waals surface area contributed by atoms with E-state index in [1.54, 1.807) is 6.08 Å². The Labute approximate surface area is 219 Å². The van der Waals surface area contributed by atoms with E-state index in [0.29, 0.717) is 19.8 Å². The lowest BCUT2D eigenvalue weighted by molar-refractivity contribution is -0.180. The first kappa shape index (κ1) is 34.6. The minimum absolute atomic E-state index is 0.501. The van der Waals surface area contributed by atoms with Gasteiger partial charge in [-0.2, -0.15) is 8.42 Å². The first-order valence-electron chi connectivity index (χ1n) is 13.8. The topological polar surface area (TPSA) is 129 Å². The second-order valence-corrected chi connectivity index (χ2v) is 11.6. The van der Waals surface area contributed by atoms with Crippen LogP contribution in [0.3, 0.4) is 0 Å². The van der Waals surface area contributed by atoms with E-state index in [0.717, 1.165) is 57.1 Å². The zero-order valence-corrected chi connectivity index (χ0v) is 23.5. The fourth-order valence-electron chi connectivity index (χ4n) is 4.23. The van der Waals surface area contributed by atoms with Gasteiger partial charge in [-0.1, -0.05) is 103 Å². The van der Waals surface area contributed by atoms with Crippen LogP contribution in [0.1, 0.15) is 130 Å². The van der Waals surface area contributed by atoms with Gasteiger partial charge < -0.3 is 10.2 Å². The Bertz CT molecular complexity index is 778. The zero-order valence-electron chi connectivity index (χ0n) is 22.7. The second kappa shape index (κ2) is 18.8. The van der Waals surface area contributed by atoms with Gasteiger partial charge in [0.15, 0.2) is 17.4 Å². The summed E-state index contributed by atoms with van der Waals surface area (Å²) in [5, 5.41) is 20.5. The van der Waals surface area contributed by atoms with Crippen molar-refractivity contribution in [3.05, 3.63) is 24.3 Å².